The van der Waals surface area contributed by atoms with Crippen LogP contribution in [-0.4, -0.2) is 44.7 Å². The first kappa shape index (κ1) is 15.1. The van der Waals surface area contributed by atoms with Gasteiger partial charge in [0.05, 0.1) is 14.2 Å². The predicted octanol–water partition coefficient (Wildman–Crippen LogP) is 1.95. The maximum absolute atomic E-state index is 11.9. The predicted molar refractivity (Wildman–Crippen MR) is 73.0 cm³/mol. The van der Waals surface area contributed by atoms with E-state index in [2.05, 4.69) is 0 Å². The summed E-state index contributed by atoms with van der Waals surface area (Å²) < 4.78 is 16.0. The van der Waals surface area contributed by atoms with Crippen LogP contribution in [0.5, 0.6) is 17.2 Å². The van der Waals surface area contributed by atoms with E-state index in [0.717, 1.165) is 0 Å². The number of ether oxygens (including phenoxy) is 3. The van der Waals surface area contributed by atoms with Gasteiger partial charge >= 0.3 is 0 Å². The molecule has 0 N–H and O–H groups in total. The van der Waals surface area contributed by atoms with Gasteiger partial charge in [-0.1, -0.05) is 6.07 Å². The second-order valence-electron chi connectivity index (χ2n) is 3.85. The Bertz CT molecular complexity index is 394. The zero-order chi connectivity index (χ0) is 14.3. The second-order valence-corrected chi connectivity index (χ2v) is 3.85. The normalized spacial score (nSPS) is 9.89. The fraction of sp³-hybridized carbons (Fsp3) is 0.500. The summed E-state index contributed by atoms with van der Waals surface area (Å²) in [7, 11) is 3.10. The van der Waals surface area contributed by atoms with Crippen LogP contribution in [0.3, 0.4) is 0 Å². The minimum Gasteiger partial charge on any atom is -0.493 e. The zero-order valence-corrected chi connectivity index (χ0v) is 11.9. The van der Waals surface area contributed by atoms with Crippen molar-refractivity contribution >= 4 is 5.91 Å². The molecule has 0 atom stereocenters. The molecular formula is C14H21NO4. The highest BCUT2D eigenvalue weighted by Gasteiger charge is 2.15. The van der Waals surface area contributed by atoms with Crippen LogP contribution in [0, 0.1) is 0 Å². The quantitative estimate of drug-likeness (QED) is 0.757. The Morgan fingerprint density at radius 1 is 1.11 bits per heavy atom. The molecule has 0 aliphatic carbocycles. The third-order valence-electron chi connectivity index (χ3n) is 2.84. The number of methoxy groups -OCH3 is 2. The molecule has 0 saturated carbocycles. The van der Waals surface area contributed by atoms with E-state index in [-0.39, 0.29) is 12.5 Å². The number of likely N-dealkylation sites (N-methyl/N-ethyl adjacent to an activating group) is 1. The second kappa shape index (κ2) is 7.51. The van der Waals surface area contributed by atoms with Crippen LogP contribution in [0.25, 0.3) is 0 Å². The molecule has 0 aromatic heterocycles. The Kier molecular flexibility index (Phi) is 5.99. The van der Waals surface area contributed by atoms with Gasteiger partial charge < -0.3 is 19.1 Å². The number of hydrogen-bond acceptors (Lipinski definition) is 4. The van der Waals surface area contributed by atoms with Crippen LogP contribution >= 0.6 is 0 Å². The van der Waals surface area contributed by atoms with Gasteiger partial charge in [0.1, 0.15) is 0 Å². The van der Waals surface area contributed by atoms with E-state index in [4.69, 9.17) is 14.2 Å². The Morgan fingerprint density at radius 3 is 2.05 bits per heavy atom. The van der Waals surface area contributed by atoms with Crippen molar-refractivity contribution in [3.63, 3.8) is 0 Å². The van der Waals surface area contributed by atoms with E-state index in [1.165, 1.54) is 0 Å². The third kappa shape index (κ3) is 3.77. The fourth-order valence-corrected chi connectivity index (χ4v) is 1.76. The van der Waals surface area contributed by atoms with Gasteiger partial charge in [0, 0.05) is 13.1 Å². The van der Waals surface area contributed by atoms with Crippen molar-refractivity contribution in [2.45, 2.75) is 13.8 Å². The molecule has 1 aromatic carbocycles. The van der Waals surface area contributed by atoms with Crippen LogP contribution < -0.4 is 14.2 Å². The Hall–Kier alpha value is -1.91. The summed E-state index contributed by atoms with van der Waals surface area (Å²) in [5.74, 6) is 1.49. The molecule has 0 saturated heterocycles. The summed E-state index contributed by atoms with van der Waals surface area (Å²) >= 11 is 0. The molecule has 5 nitrogen and oxygen atoms in total. The largest absolute Gasteiger partial charge is 0.493 e. The van der Waals surface area contributed by atoms with Gasteiger partial charge in [-0.05, 0) is 26.0 Å². The van der Waals surface area contributed by atoms with Gasteiger partial charge in [-0.3, -0.25) is 4.79 Å². The number of benzene rings is 1. The molecule has 1 amide bonds. The first-order chi connectivity index (χ1) is 9.17. The van der Waals surface area contributed by atoms with Crippen molar-refractivity contribution in [3.05, 3.63) is 18.2 Å². The summed E-state index contributed by atoms with van der Waals surface area (Å²) in [5, 5.41) is 0. The zero-order valence-electron chi connectivity index (χ0n) is 11.9. The van der Waals surface area contributed by atoms with Crippen LogP contribution in [0.2, 0.25) is 0 Å². The van der Waals surface area contributed by atoms with Crippen LogP contribution in [0.4, 0.5) is 0 Å². The van der Waals surface area contributed by atoms with E-state index < -0.39 is 0 Å². The van der Waals surface area contributed by atoms with Crippen LogP contribution in [-0.2, 0) is 4.79 Å². The van der Waals surface area contributed by atoms with Crippen LogP contribution in [0.1, 0.15) is 13.8 Å². The fourth-order valence-electron chi connectivity index (χ4n) is 1.76. The number of para-hydroxylation sites is 1. The van der Waals surface area contributed by atoms with Crippen molar-refractivity contribution < 1.29 is 19.0 Å². The molecule has 0 aliphatic rings. The molecule has 0 heterocycles. The topological polar surface area (TPSA) is 48.0 Å². The standard InChI is InChI=1S/C14H21NO4/c1-5-15(6-2)13(16)10-19-14-11(17-3)8-7-9-12(14)18-4/h7-9H,5-6,10H2,1-4H3. The smallest absolute Gasteiger partial charge is 0.260 e. The lowest BCUT2D eigenvalue weighted by molar-refractivity contribution is -0.133. The van der Waals surface area contributed by atoms with Crippen molar-refractivity contribution in [1.29, 1.82) is 0 Å². The molecule has 5 heteroatoms. The molecule has 0 radical (unpaired) electrons. The third-order valence-corrected chi connectivity index (χ3v) is 2.84. The Morgan fingerprint density at radius 2 is 1.63 bits per heavy atom. The molecule has 1 aromatic rings. The van der Waals surface area contributed by atoms with E-state index in [1.807, 2.05) is 13.8 Å². The average molecular weight is 267 g/mol. The van der Waals surface area contributed by atoms with E-state index in [0.29, 0.717) is 30.3 Å². The number of carbonyl (C=O) groups excluding carboxylic acids is 1. The Labute approximate surface area is 114 Å². The first-order valence-electron chi connectivity index (χ1n) is 6.29. The van der Waals surface area contributed by atoms with Crippen LogP contribution in [0.15, 0.2) is 18.2 Å². The van der Waals surface area contributed by atoms with Gasteiger partial charge in [-0.25, -0.2) is 0 Å². The van der Waals surface area contributed by atoms with Crippen molar-refractivity contribution in [2.24, 2.45) is 0 Å². The van der Waals surface area contributed by atoms with Gasteiger partial charge in [-0.15, -0.1) is 0 Å². The van der Waals surface area contributed by atoms with Gasteiger partial charge in [0.2, 0.25) is 5.75 Å². The lowest BCUT2D eigenvalue weighted by Gasteiger charge is -2.20. The van der Waals surface area contributed by atoms with Gasteiger partial charge in [-0.2, -0.15) is 0 Å². The number of hydrogen-bond donors (Lipinski definition) is 0. The maximum atomic E-state index is 11.9. The highest BCUT2D eigenvalue weighted by molar-refractivity contribution is 5.78. The highest BCUT2D eigenvalue weighted by atomic mass is 16.5. The van der Waals surface area contributed by atoms with Crippen molar-refractivity contribution in [1.82, 2.24) is 4.90 Å². The van der Waals surface area contributed by atoms with Gasteiger partial charge in [0.15, 0.2) is 18.1 Å². The Balaban J connectivity index is 2.79. The molecule has 0 unspecified atom stereocenters. The lowest BCUT2D eigenvalue weighted by atomic mass is 10.3. The number of nitrogens with zero attached hydrogens (tertiary/aromatic N) is 1. The SMILES string of the molecule is CCN(CC)C(=O)COc1c(OC)cccc1OC. The van der Waals surface area contributed by atoms with Crippen molar-refractivity contribution in [3.8, 4) is 17.2 Å². The van der Waals surface area contributed by atoms with E-state index >= 15 is 0 Å². The molecule has 0 spiro atoms. The molecule has 0 fully saturated rings. The lowest BCUT2D eigenvalue weighted by Crippen LogP contribution is -2.34. The monoisotopic (exact) mass is 267 g/mol. The molecule has 1 rings (SSSR count). The van der Waals surface area contributed by atoms with E-state index in [1.54, 1.807) is 37.3 Å². The molecule has 0 bridgehead atoms. The summed E-state index contributed by atoms with van der Waals surface area (Å²) in [6.45, 7) is 5.18. The molecular weight excluding hydrogens is 246 g/mol. The minimum atomic E-state index is -0.0574. The number of carbonyl (C=O) groups is 1. The highest BCUT2D eigenvalue weighted by Crippen LogP contribution is 2.36. The maximum Gasteiger partial charge on any atom is 0.260 e. The summed E-state index contributed by atoms with van der Waals surface area (Å²) in [5.41, 5.74) is 0. The summed E-state index contributed by atoms with van der Waals surface area (Å²) in [4.78, 5) is 13.6. The summed E-state index contributed by atoms with van der Waals surface area (Å²) in [6, 6.07) is 5.33. The first-order valence-corrected chi connectivity index (χ1v) is 6.29. The van der Waals surface area contributed by atoms with E-state index in [9.17, 15) is 4.79 Å². The molecule has 106 valence electrons. The number of rotatable bonds is 7. The van der Waals surface area contributed by atoms with Crippen molar-refractivity contribution in [2.75, 3.05) is 33.9 Å². The van der Waals surface area contributed by atoms with Gasteiger partial charge in [0.25, 0.3) is 5.91 Å². The number of amides is 1. The minimum absolute atomic E-state index is 0.0294. The summed E-state index contributed by atoms with van der Waals surface area (Å²) in [6.07, 6.45) is 0. The average Bonchev–Trinajstić information content (AvgIpc) is 2.45. The molecule has 0 aliphatic heterocycles. The molecule has 19 heavy (non-hydrogen) atoms.